The molecule has 0 fully saturated rings. The number of anilines is 1. The van der Waals surface area contributed by atoms with Crippen molar-refractivity contribution in [3.8, 4) is 0 Å². The summed E-state index contributed by atoms with van der Waals surface area (Å²) in [5.41, 5.74) is 2.18. The van der Waals surface area contributed by atoms with Crippen molar-refractivity contribution in [3.63, 3.8) is 0 Å². The minimum absolute atomic E-state index is 0.0646. The lowest BCUT2D eigenvalue weighted by molar-refractivity contribution is 0.105. The summed E-state index contributed by atoms with van der Waals surface area (Å²) in [6.07, 6.45) is 3.49. The molecule has 0 atom stereocenters. The van der Waals surface area contributed by atoms with Crippen LogP contribution in [0.4, 0.5) is 5.69 Å². The van der Waals surface area contributed by atoms with Gasteiger partial charge in [0, 0.05) is 19.8 Å². The lowest BCUT2D eigenvalue weighted by Gasteiger charge is -2.11. The van der Waals surface area contributed by atoms with E-state index in [-0.39, 0.29) is 5.78 Å². The standard InChI is InChI=1S/C15H16BNOS/c1-17(2)12-6-3-11(4-7-12)5-8-13(18)14-9-10-15(16)19-14/h3-10H,16H2,1-2H3/b8-5+. The van der Waals surface area contributed by atoms with Crippen LogP contribution in [0.3, 0.4) is 0 Å². The highest BCUT2D eigenvalue weighted by Gasteiger charge is 2.03. The van der Waals surface area contributed by atoms with Crippen LogP contribution in [0.2, 0.25) is 0 Å². The Morgan fingerprint density at radius 2 is 1.84 bits per heavy atom. The van der Waals surface area contributed by atoms with Crippen LogP contribution >= 0.6 is 11.3 Å². The van der Waals surface area contributed by atoms with Crippen LogP contribution in [0, 0.1) is 0 Å². The van der Waals surface area contributed by atoms with Gasteiger partial charge in [-0.15, -0.1) is 11.3 Å². The number of carbonyl (C=O) groups excluding carboxylic acids is 1. The Balaban J connectivity index is 2.08. The molecule has 2 aromatic rings. The fraction of sp³-hybridized carbons (Fsp3) is 0.133. The largest absolute Gasteiger partial charge is 0.378 e. The molecular weight excluding hydrogens is 253 g/mol. The summed E-state index contributed by atoms with van der Waals surface area (Å²) in [7, 11) is 6.02. The van der Waals surface area contributed by atoms with Gasteiger partial charge in [-0.3, -0.25) is 4.79 Å². The molecule has 0 unspecified atom stereocenters. The SMILES string of the molecule is Bc1ccc(C(=O)/C=C/c2ccc(N(C)C)cc2)s1. The average Bonchev–Trinajstić information content (AvgIpc) is 2.83. The second kappa shape index (κ2) is 5.89. The third kappa shape index (κ3) is 3.58. The summed E-state index contributed by atoms with van der Waals surface area (Å²) in [4.78, 5) is 14.8. The highest BCUT2D eigenvalue weighted by atomic mass is 32.1. The highest BCUT2D eigenvalue weighted by Crippen LogP contribution is 2.14. The first-order chi connectivity index (χ1) is 9.06. The normalized spacial score (nSPS) is 10.8. The van der Waals surface area contributed by atoms with Gasteiger partial charge < -0.3 is 4.90 Å². The van der Waals surface area contributed by atoms with Crippen molar-refractivity contribution in [2.45, 2.75) is 0 Å². The van der Waals surface area contributed by atoms with Crippen molar-refractivity contribution in [3.05, 3.63) is 52.9 Å². The van der Waals surface area contributed by atoms with Crippen LogP contribution in [-0.4, -0.2) is 27.7 Å². The first-order valence-electron chi connectivity index (χ1n) is 6.12. The van der Waals surface area contributed by atoms with Crippen molar-refractivity contribution in [1.29, 1.82) is 0 Å². The van der Waals surface area contributed by atoms with E-state index in [9.17, 15) is 4.79 Å². The molecule has 0 spiro atoms. The lowest BCUT2D eigenvalue weighted by Crippen LogP contribution is -2.07. The summed E-state index contributed by atoms with van der Waals surface area (Å²) in [6.45, 7) is 0. The molecule has 0 aliphatic heterocycles. The van der Waals surface area contributed by atoms with Gasteiger partial charge in [0.05, 0.1) is 4.88 Å². The van der Waals surface area contributed by atoms with Gasteiger partial charge in [-0.1, -0.05) is 24.3 Å². The van der Waals surface area contributed by atoms with Crippen molar-refractivity contribution < 1.29 is 4.79 Å². The molecule has 0 aliphatic carbocycles. The fourth-order valence-corrected chi connectivity index (χ4v) is 2.49. The molecule has 2 nitrogen and oxygen atoms in total. The van der Waals surface area contributed by atoms with E-state index in [2.05, 4.69) is 0 Å². The minimum atomic E-state index is 0.0646. The first kappa shape index (κ1) is 13.6. The van der Waals surface area contributed by atoms with Crippen LogP contribution < -0.4 is 9.68 Å². The molecule has 0 bridgehead atoms. The summed E-state index contributed by atoms with van der Waals surface area (Å²) >= 11 is 1.53. The number of carbonyl (C=O) groups is 1. The van der Waals surface area contributed by atoms with E-state index in [0.29, 0.717) is 0 Å². The molecule has 0 saturated carbocycles. The Hall–Kier alpha value is -1.81. The molecule has 1 heterocycles. The van der Waals surface area contributed by atoms with Gasteiger partial charge in [-0.05, 0) is 34.6 Å². The molecule has 0 radical (unpaired) electrons. The Labute approximate surface area is 118 Å². The van der Waals surface area contributed by atoms with E-state index in [1.165, 1.54) is 11.3 Å². The van der Waals surface area contributed by atoms with E-state index in [1.807, 2.05) is 69.3 Å². The van der Waals surface area contributed by atoms with Crippen molar-refractivity contribution in [1.82, 2.24) is 0 Å². The first-order valence-corrected chi connectivity index (χ1v) is 6.94. The van der Waals surface area contributed by atoms with Gasteiger partial charge in [0.2, 0.25) is 0 Å². The van der Waals surface area contributed by atoms with Gasteiger partial charge in [0.25, 0.3) is 0 Å². The highest BCUT2D eigenvalue weighted by molar-refractivity contribution is 7.21. The summed E-state index contributed by atoms with van der Waals surface area (Å²) < 4.78 is 1.16. The molecule has 0 aliphatic rings. The minimum Gasteiger partial charge on any atom is -0.378 e. The number of hydrogen-bond acceptors (Lipinski definition) is 3. The predicted molar refractivity (Wildman–Crippen MR) is 86.6 cm³/mol. The Morgan fingerprint density at radius 1 is 1.16 bits per heavy atom. The van der Waals surface area contributed by atoms with Gasteiger partial charge in [0.1, 0.15) is 0 Å². The quantitative estimate of drug-likeness (QED) is 0.480. The Bertz CT molecular complexity index is 599. The number of nitrogens with zero attached hydrogens (tertiary/aromatic N) is 1. The zero-order chi connectivity index (χ0) is 13.8. The van der Waals surface area contributed by atoms with Gasteiger partial charge in [-0.25, -0.2) is 0 Å². The number of allylic oxidation sites excluding steroid dienone is 1. The smallest absolute Gasteiger partial charge is 0.195 e. The third-order valence-corrected chi connectivity index (χ3v) is 3.84. The van der Waals surface area contributed by atoms with E-state index in [1.54, 1.807) is 6.08 Å². The Kier molecular flexibility index (Phi) is 4.22. The summed E-state index contributed by atoms with van der Waals surface area (Å²) in [5, 5.41) is 0. The summed E-state index contributed by atoms with van der Waals surface area (Å²) in [6, 6.07) is 12.0. The van der Waals surface area contributed by atoms with Crippen molar-refractivity contribution in [2.75, 3.05) is 19.0 Å². The maximum atomic E-state index is 11.9. The van der Waals surface area contributed by atoms with Gasteiger partial charge in [-0.2, -0.15) is 0 Å². The summed E-state index contributed by atoms with van der Waals surface area (Å²) in [5.74, 6) is 0.0646. The Morgan fingerprint density at radius 3 is 2.37 bits per heavy atom. The molecule has 0 N–H and O–H groups in total. The van der Waals surface area contributed by atoms with E-state index >= 15 is 0 Å². The van der Waals surface area contributed by atoms with Crippen LogP contribution in [0.25, 0.3) is 6.08 Å². The second-order valence-electron chi connectivity index (χ2n) is 4.59. The van der Waals surface area contributed by atoms with Gasteiger partial charge in [0.15, 0.2) is 13.6 Å². The topological polar surface area (TPSA) is 20.3 Å². The van der Waals surface area contributed by atoms with Crippen LogP contribution in [0.1, 0.15) is 15.2 Å². The van der Waals surface area contributed by atoms with E-state index < -0.39 is 0 Å². The van der Waals surface area contributed by atoms with E-state index in [4.69, 9.17) is 0 Å². The van der Waals surface area contributed by atoms with Gasteiger partial charge >= 0.3 is 0 Å². The number of thiophene rings is 1. The molecule has 2 rings (SSSR count). The molecule has 0 amide bonds. The maximum Gasteiger partial charge on any atom is 0.195 e. The monoisotopic (exact) mass is 269 g/mol. The number of hydrogen-bond donors (Lipinski definition) is 0. The predicted octanol–water partition coefficient (Wildman–Crippen LogP) is 1.97. The van der Waals surface area contributed by atoms with Crippen molar-refractivity contribution in [2.24, 2.45) is 0 Å². The molecule has 96 valence electrons. The zero-order valence-corrected chi connectivity index (χ0v) is 12.2. The maximum absolute atomic E-state index is 11.9. The molecular formula is C15H16BNOS. The van der Waals surface area contributed by atoms with E-state index in [0.717, 1.165) is 20.9 Å². The van der Waals surface area contributed by atoms with Crippen LogP contribution in [0.15, 0.2) is 42.5 Å². The third-order valence-electron chi connectivity index (χ3n) is 2.82. The second-order valence-corrected chi connectivity index (χ2v) is 5.88. The lowest BCUT2D eigenvalue weighted by atomic mass is 10.1. The molecule has 1 aromatic heterocycles. The molecule has 0 saturated heterocycles. The number of ketones is 1. The number of benzene rings is 1. The van der Waals surface area contributed by atoms with Crippen LogP contribution in [0.5, 0.6) is 0 Å². The molecule has 1 aromatic carbocycles. The van der Waals surface area contributed by atoms with Crippen molar-refractivity contribution >= 4 is 41.5 Å². The number of rotatable bonds is 4. The molecule has 4 heteroatoms. The van der Waals surface area contributed by atoms with Crippen LogP contribution in [-0.2, 0) is 0 Å². The molecule has 19 heavy (non-hydrogen) atoms. The zero-order valence-electron chi connectivity index (χ0n) is 11.4. The fourth-order valence-electron chi connectivity index (χ4n) is 1.70. The average molecular weight is 269 g/mol.